The van der Waals surface area contributed by atoms with E-state index >= 15 is 0 Å². The quantitative estimate of drug-likeness (QED) is 0.909. The van der Waals surface area contributed by atoms with Crippen LogP contribution >= 0.6 is 11.3 Å². The molecule has 1 saturated carbocycles. The predicted molar refractivity (Wildman–Crippen MR) is 86.3 cm³/mol. The van der Waals surface area contributed by atoms with E-state index in [0.29, 0.717) is 19.6 Å². The molecule has 2 N–H and O–H groups in total. The number of aryl methyl sites for hydroxylation is 1. The number of rotatable bonds is 5. The van der Waals surface area contributed by atoms with E-state index in [9.17, 15) is 4.79 Å². The zero-order valence-corrected chi connectivity index (χ0v) is 14.4. The van der Waals surface area contributed by atoms with Crippen molar-refractivity contribution in [3.05, 3.63) is 21.9 Å². The van der Waals surface area contributed by atoms with E-state index in [-0.39, 0.29) is 17.4 Å². The van der Waals surface area contributed by atoms with E-state index in [1.54, 1.807) is 16.2 Å². The summed E-state index contributed by atoms with van der Waals surface area (Å²) < 4.78 is 5.69. The molecule has 118 valence electrons. The van der Waals surface area contributed by atoms with E-state index in [1.807, 2.05) is 27.8 Å². The van der Waals surface area contributed by atoms with Crippen LogP contribution in [0.2, 0.25) is 0 Å². The van der Waals surface area contributed by atoms with Crippen LogP contribution in [0.5, 0.6) is 0 Å². The minimum absolute atomic E-state index is 0.00880. The van der Waals surface area contributed by atoms with Gasteiger partial charge in [0.1, 0.15) is 5.54 Å². The second kappa shape index (κ2) is 5.71. The van der Waals surface area contributed by atoms with Crippen molar-refractivity contribution >= 4 is 17.2 Å². The van der Waals surface area contributed by atoms with Crippen LogP contribution in [-0.2, 0) is 16.1 Å². The lowest BCUT2D eigenvalue weighted by atomic mass is 9.54. The number of hydrogen-bond donors (Lipinski definition) is 1. The predicted octanol–water partition coefficient (Wildman–Crippen LogP) is 2.55. The third-order valence-corrected chi connectivity index (χ3v) is 5.73. The molecule has 0 saturated heterocycles. The van der Waals surface area contributed by atoms with Crippen molar-refractivity contribution in [2.45, 2.75) is 52.3 Å². The van der Waals surface area contributed by atoms with Crippen molar-refractivity contribution in [3.8, 4) is 0 Å². The van der Waals surface area contributed by atoms with Crippen LogP contribution in [0.15, 0.2) is 12.1 Å². The van der Waals surface area contributed by atoms with Gasteiger partial charge in [0, 0.05) is 35.2 Å². The Bertz CT molecular complexity index is 526. The van der Waals surface area contributed by atoms with Gasteiger partial charge in [0.15, 0.2) is 0 Å². The average Bonchev–Trinajstić information content (AvgIpc) is 2.82. The Hall–Kier alpha value is -0.910. The molecule has 1 fully saturated rings. The number of nitrogens with zero attached hydrogens (tertiary/aromatic N) is 1. The summed E-state index contributed by atoms with van der Waals surface area (Å²) in [6.45, 7) is 9.37. The molecule has 1 amide bonds. The molecule has 0 aliphatic heterocycles. The molecule has 0 radical (unpaired) electrons. The maximum atomic E-state index is 12.8. The van der Waals surface area contributed by atoms with E-state index in [2.05, 4.69) is 19.1 Å². The molecule has 4 nitrogen and oxygen atoms in total. The SMILES string of the molecule is CCOC1CC(N)(C(=O)N(C)Cc2ccc(C)s2)C1(C)C. The zero-order valence-electron chi connectivity index (χ0n) is 13.6. The van der Waals surface area contributed by atoms with Crippen molar-refractivity contribution in [2.75, 3.05) is 13.7 Å². The van der Waals surface area contributed by atoms with Gasteiger partial charge in [-0.05, 0) is 26.0 Å². The summed E-state index contributed by atoms with van der Waals surface area (Å²) in [4.78, 5) is 17.0. The fourth-order valence-corrected chi connectivity index (χ4v) is 3.96. The molecule has 5 heteroatoms. The summed E-state index contributed by atoms with van der Waals surface area (Å²) in [5, 5.41) is 0. The molecule has 1 aliphatic rings. The zero-order chi connectivity index (χ0) is 15.8. The van der Waals surface area contributed by atoms with Gasteiger partial charge in [-0.1, -0.05) is 13.8 Å². The first kappa shape index (κ1) is 16.5. The van der Waals surface area contributed by atoms with E-state index in [4.69, 9.17) is 10.5 Å². The van der Waals surface area contributed by atoms with Crippen LogP contribution in [0.3, 0.4) is 0 Å². The molecule has 1 aromatic heterocycles. The van der Waals surface area contributed by atoms with Crippen molar-refractivity contribution < 1.29 is 9.53 Å². The second-order valence-corrected chi connectivity index (χ2v) is 7.89. The van der Waals surface area contributed by atoms with Crippen LogP contribution in [-0.4, -0.2) is 36.1 Å². The Kier molecular flexibility index (Phi) is 4.47. The van der Waals surface area contributed by atoms with Crippen molar-refractivity contribution in [1.82, 2.24) is 4.90 Å². The highest BCUT2D eigenvalue weighted by Gasteiger charge is 2.63. The highest BCUT2D eigenvalue weighted by atomic mass is 32.1. The largest absolute Gasteiger partial charge is 0.378 e. The molecule has 21 heavy (non-hydrogen) atoms. The number of amides is 1. The third kappa shape index (κ3) is 2.74. The molecule has 0 bridgehead atoms. The maximum Gasteiger partial charge on any atom is 0.243 e. The highest BCUT2D eigenvalue weighted by Crippen LogP contribution is 2.50. The first-order valence-electron chi connectivity index (χ1n) is 7.43. The van der Waals surface area contributed by atoms with Crippen LogP contribution in [0.4, 0.5) is 0 Å². The average molecular weight is 310 g/mol. The van der Waals surface area contributed by atoms with E-state index < -0.39 is 5.54 Å². The minimum Gasteiger partial charge on any atom is -0.378 e. The highest BCUT2D eigenvalue weighted by molar-refractivity contribution is 7.11. The van der Waals surface area contributed by atoms with Crippen molar-refractivity contribution in [3.63, 3.8) is 0 Å². The standard InChI is InChI=1S/C16H26N2O2S/c1-6-20-13-9-16(17,15(13,3)4)14(19)18(5)10-12-8-7-11(2)21-12/h7-8,13H,6,9-10,17H2,1-5H3. The van der Waals surface area contributed by atoms with Gasteiger partial charge < -0.3 is 15.4 Å². The lowest BCUT2D eigenvalue weighted by molar-refractivity contribution is -0.178. The third-order valence-electron chi connectivity index (χ3n) is 4.75. The van der Waals surface area contributed by atoms with Gasteiger partial charge in [0.05, 0.1) is 12.6 Å². The molecular weight excluding hydrogens is 284 g/mol. The van der Waals surface area contributed by atoms with Gasteiger partial charge in [0.2, 0.25) is 5.91 Å². The van der Waals surface area contributed by atoms with Crippen LogP contribution in [0.1, 0.15) is 36.9 Å². The van der Waals surface area contributed by atoms with Crippen LogP contribution in [0.25, 0.3) is 0 Å². The van der Waals surface area contributed by atoms with E-state index in [1.165, 1.54) is 9.75 Å². The molecule has 2 rings (SSSR count). The smallest absolute Gasteiger partial charge is 0.243 e. The Morgan fingerprint density at radius 3 is 2.67 bits per heavy atom. The monoisotopic (exact) mass is 310 g/mol. The summed E-state index contributed by atoms with van der Waals surface area (Å²) in [6.07, 6.45) is 0.661. The first-order chi connectivity index (χ1) is 9.72. The molecule has 2 unspecified atom stereocenters. The Balaban J connectivity index is 2.05. The van der Waals surface area contributed by atoms with Gasteiger partial charge >= 0.3 is 0 Å². The molecule has 1 heterocycles. The summed E-state index contributed by atoms with van der Waals surface area (Å²) in [5.74, 6) is 0.00880. The summed E-state index contributed by atoms with van der Waals surface area (Å²) in [7, 11) is 1.83. The molecule has 2 atom stereocenters. The number of likely N-dealkylation sites (N-methyl/N-ethyl adjacent to an activating group) is 1. The van der Waals surface area contributed by atoms with Crippen LogP contribution in [0, 0.1) is 12.3 Å². The van der Waals surface area contributed by atoms with Crippen molar-refractivity contribution in [1.29, 1.82) is 0 Å². The molecular formula is C16H26N2O2S. The topological polar surface area (TPSA) is 55.6 Å². The Labute approximate surface area is 131 Å². The number of thiophene rings is 1. The van der Waals surface area contributed by atoms with Gasteiger partial charge in [-0.3, -0.25) is 4.79 Å². The number of carbonyl (C=O) groups is 1. The lowest BCUT2D eigenvalue weighted by Crippen LogP contribution is -2.75. The van der Waals surface area contributed by atoms with Crippen molar-refractivity contribution in [2.24, 2.45) is 11.1 Å². The summed E-state index contributed by atoms with van der Waals surface area (Å²) in [5.41, 5.74) is 5.28. The molecule has 0 spiro atoms. The molecule has 1 aromatic rings. The Morgan fingerprint density at radius 1 is 1.52 bits per heavy atom. The fraction of sp³-hybridized carbons (Fsp3) is 0.688. The number of hydrogen-bond acceptors (Lipinski definition) is 4. The van der Waals surface area contributed by atoms with Gasteiger partial charge in [-0.2, -0.15) is 0 Å². The maximum absolute atomic E-state index is 12.8. The van der Waals surface area contributed by atoms with Crippen LogP contribution < -0.4 is 5.73 Å². The molecule has 1 aliphatic carbocycles. The normalized spacial score (nSPS) is 27.2. The summed E-state index contributed by atoms with van der Waals surface area (Å²) >= 11 is 1.72. The summed E-state index contributed by atoms with van der Waals surface area (Å²) in [6, 6.07) is 4.15. The van der Waals surface area contributed by atoms with Gasteiger partial charge in [0.25, 0.3) is 0 Å². The Morgan fingerprint density at radius 2 is 2.19 bits per heavy atom. The van der Waals surface area contributed by atoms with E-state index in [0.717, 1.165) is 0 Å². The van der Waals surface area contributed by atoms with Gasteiger partial charge in [-0.25, -0.2) is 0 Å². The van der Waals surface area contributed by atoms with Gasteiger partial charge in [-0.15, -0.1) is 11.3 Å². The number of ether oxygens (including phenoxy) is 1. The second-order valence-electron chi connectivity index (χ2n) is 6.51. The number of carbonyl (C=O) groups excluding carboxylic acids is 1. The lowest BCUT2D eigenvalue weighted by Gasteiger charge is -2.58. The molecule has 0 aromatic carbocycles. The minimum atomic E-state index is -0.826. The number of nitrogens with two attached hydrogens (primary N) is 1. The first-order valence-corrected chi connectivity index (χ1v) is 8.25. The fourth-order valence-electron chi connectivity index (χ4n) is 3.01.